The van der Waals surface area contributed by atoms with E-state index in [-0.39, 0.29) is 17.8 Å². The first kappa shape index (κ1) is 30.8. The van der Waals surface area contributed by atoms with E-state index in [1.54, 1.807) is 11.7 Å². The normalized spacial score (nSPS) is 14.7. The number of nitrogens with zero attached hydrogens (tertiary/aromatic N) is 5. The number of fused-ring (bicyclic) bond motifs is 6. The van der Waals surface area contributed by atoms with Gasteiger partial charge in [-0.05, 0) is 77.1 Å². The fourth-order valence-electron chi connectivity index (χ4n) is 6.63. The van der Waals surface area contributed by atoms with Gasteiger partial charge < -0.3 is 29.3 Å². The van der Waals surface area contributed by atoms with Crippen molar-refractivity contribution in [2.75, 3.05) is 72.3 Å². The molecule has 4 heterocycles. The Morgan fingerprint density at radius 2 is 1.35 bits per heavy atom. The van der Waals surface area contributed by atoms with Crippen molar-refractivity contribution < 1.29 is 4.74 Å². The molecule has 0 amide bonds. The third-order valence-electron chi connectivity index (χ3n) is 8.40. The number of pyridine rings is 2. The van der Waals surface area contributed by atoms with Crippen LogP contribution >= 0.6 is 0 Å². The molecule has 2 aliphatic heterocycles. The minimum absolute atomic E-state index is 0.0704. The summed E-state index contributed by atoms with van der Waals surface area (Å²) >= 11 is 0. The molecule has 0 saturated carbocycles. The monoisotopic (exact) mass is 586 g/mol. The molecular weight excluding hydrogens is 540 g/mol. The van der Waals surface area contributed by atoms with E-state index in [0.29, 0.717) is 0 Å². The molecule has 4 aromatic rings. The molecule has 0 radical (unpaired) electrons. The van der Waals surface area contributed by atoms with Gasteiger partial charge in [0.2, 0.25) is 0 Å². The fraction of sp³-hybridized carbons (Fsp3) is 0.471. The molecule has 0 aliphatic carbocycles. The lowest BCUT2D eigenvalue weighted by Gasteiger charge is -2.30. The Morgan fingerprint density at radius 3 is 1.95 bits per heavy atom. The topological polar surface area (TPSA) is 77.0 Å². The fourth-order valence-corrected chi connectivity index (χ4v) is 6.63. The third-order valence-corrected chi connectivity index (χ3v) is 8.40. The third kappa shape index (κ3) is 6.34. The number of hydrogen-bond donors (Lipinski definition) is 1. The van der Waals surface area contributed by atoms with Crippen molar-refractivity contribution in [1.29, 1.82) is 0 Å². The number of rotatable bonds is 6. The van der Waals surface area contributed by atoms with Crippen molar-refractivity contribution in [3.05, 3.63) is 79.4 Å². The van der Waals surface area contributed by atoms with E-state index in [0.717, 1.165) is 96.2 Å². The Hall–Kier alpha value is -3.66. The standard InChI is InChI=1S/C18H25N3O2.C16H21N3O/c1-19(2)11-13-7-8-14-16(10-13)21(12-23-4)18(22)15-6-5-9-20(3)17(14)15;1-18(2)10-11-6-7-12-14(9-11)17-16(20)13-5-4-8-19(3)15(12)13/h7-8,10H,5-6,9,11-12H2,1-4H3;6-7,9H,4-5,8,10H2,1-3H3,(H,17,20). The predicted molar refractivity (Wildman–Crippen MR) is 178 cm³/mol. The lowest BCUT2D eigenvalue weighted by molar-refractivity contribution is 0.131. The van der Waals surface area contributed by atoms with Crippen LogP contribution < -0.4 is 20.9 Å². The van der Waals surface area contributed by atoms with Gasteiger partial charge in [0.25, 0.3) is 11.1 Å². The van der Waals surface area contributed by atoms with Crippen molar-refractivity contribution in [2.24, 2.45) is 0 Å². The van der Waals surface area contributed by atoms with Gasteiger partial charge in [-0.3, -0.25) is 14.2 Å². The SMILES string of the molecule is CN(C)Cc1ccc2c3c(c(=O)[nH]c2c1)CCCN3C.COCn1c(=O)c2c(c3ccc(CN(C)C)cc31)N(C)CCC2. The highest BCUT2D eigenvalue weighted by atomic mass is 16.5. The second-order valence-corrected chi connectivity index (χ2v) is 12.5. The van der Waals surface area contributed by atoms with E-state index in [1.807, 2.05) is 28.2 Å². The first-order valence-electron chi connectivity index (χ1n) is 15.2. The first-order chi connectivity index (χ1) is 20.6. The van der Waals surface area contributed by atoms with Crippen molar-refractivity contribution in [1.82, 2.24) is 19.4 Å². The van der Waals surface area contributed by atoms with Gasteiger partial charge in [-0.15, -0.1) is 0 Å². The average molecular weight is 587 g/mol. The molecule has 0 fully saturated rings. The number of anilines is 2. The van der Waals surface area contributed by atoms with Crippen LogP contribution in [0.4, 0.5) is 11.4 Å². The van der Waals surface area contributed by atoms with Gasteiger partial charge in [0.1, 0.15) is 6.73 Å². The Labute approximate surface area is 254 Å². The van der Waals surface area contributed by atoms with Gasteiger partial charge in [-0.1, -0.05) is 24.3 Å². The van der Waals surface area contributed by atoms with Crippen LogP contribution in [0.15, 0.2) is 46.0 Å². The lowest BCUT2D eigenvalue weighted by Crippen LogP contribution is -2.34. The number of hydrogen-bond acceptors (Lipinski definition) is 7. The van der Waals surface area contributed by atoms with Crippen molar-refractivity contribution in [3.8, 4) is 0 Å². The summed E-state index contributed by atoms with van der Waals surface area (Å²) in [5.74, 6) is 0. The van der Waals surface area contributed by atoms with Crippen molar-refractivity contribution in [3.63, 3.8) is 0 Å². The van der Waals surface area contributed by atoms with E-state index in [9.17, 15) is 9.59 Å². The molecule has 0 unspecified atom stereocenters. The van der Waals surface area contributed by atoms with Gasteiger partial charge in [0, 0.05) is 69.3 Å². The van der Waals surface area contributed by atoms with E-state index >= 15 is 0 Å². The summed E-state index contributed by atoms with van der Waals surface area (Å²) in [7, 11) is 14.0. The van der Waals surface area contributed by atoms with Crippen LogP contribution in [-0.2, 0) is 37.4 Å². The number of H-pyrrole nitrogens is 1. The summed E-state index contributed by atoms with van der Waals surface area (Å²) in [6.07, 6.45) is 3.80. The number of benzene rings is 2. The van der Waals surface area contributed by atoms with Gasteiger partial charge >= 0.3 is 0 Å². The van der Waals surface area contributed by atoms with Crippen LogP contribution in [-0.4, -0.2) is 81.8 Å². The van der Waals surface area contributed by atoms with Crippen LogP contribution in [0, 0.1) is 0 Å². The summed E-state index contributed by atoms with van der Waals surface area (Å²) in [5.41, 5.74) is 8.55. The Kier molecular flexibility index (Phi) is 9.25. The molecule has 2 aromatic carbocycles. The molecule has 6 rings (SSSR count). The molecule has 0 saturated heterocycles. The number of ether oxygens (including phenoxy) is 1. The summed E-state index contributed by atoms with van der Waals surface area (Å²) in [4.78, 5) is 36.9. The number of aromatic nitrogens is 2. The molecular formula is C34H46N6O3. The first-order valence-corrected chi connectivity index (χ1v) is 15.2. The van der Waals surface area contributed by atoms with Gasteiger partial charge in [-0.2, -0.15) is 0 Å². The van der Waals surface area contributed by atoms with E-state index in [2.05, 4.69) is 75.1 Å². The molecule has 2 aromatic heterocycles. The lowest BCUT2D eigenvalue weighted by atomic mass is 9.99. The zero-order valence-corrected chi connectivity index (χ0v) is 26.8. The van der Waals surface area contributed by atoms with Crippen LogP contribution in [0.1, 0.15) is 35.1 Å². The van der Waals surface area contributed by atoms with E-state index in [4.69, 9.17) is 4.74 Å². The van der Waals surface area contributed by atoms with E-state index < -0.39 is 0 Å². The van der Waals surface area contributed by atoms with Crippen LogP contribution in [0.5, 0.6) is 0 Å². The van der Waals surface area contributed by atoms with Crippen molar-refractivity contribution >= 4 is 33.2 Å². The molecule has 9 nitrogen and oxygen atoms in total. The highest BCUT2D eigenvalue weighted by Crippen LogP contribution is 2.33. The van der Waals surface area contributed by atoms with Crippen LogP contribution in [0.3, 0.4) is 0 Å². The number of aromatic amines is 1. The highest BCUT2D eigenvalue weighted by Gasteiger charge is 2.23. The Balaban J connectivity index is 0.000000173. The molecule has 2 aliphatic rings. The molecule has 0 bridgehead atoms. The quantitative estimate of drug-likeness (QED) is 0.366. The molecule has 230 valence electrons. The summed E-state index contributed by atoms with van der Waals surface area (Å²) in [6.45, 7) is 4.03. The van der Waals surface area contributed by atoms with Crippen LogP contribution in [0.2, 0.25) is 0 Å². The van der Waals surface area contributed by atoms with Gasteiger partial charge in [-0.25, -0.2) is 0 Å². The minimum atomic E-state index is 0.0704. The number of methoxy groups -OCH3 is 1. The molecule has 0 atom stereocenters. The maximum absolute atomic E-state index is 12.9. The van der Waals surface area contributed by atoms with Gasteiger partial charge in [0.05, 0.1) is 22.4 Å². The molecule has 9 heteroatoms. The molecule has 43 heavy (non-hydrogen) atoms. The zero-order valence-electron chi connectivity index (χ0n) is 26.8. The number of nitrogens with one attached hydrogen (secondary N) is 1. The summed E-state index contributed by atoms with van der Waals surface area (Å²) < 4.78 is 7.06. The second kappa shape index (κ2) is 12.9. The van der Waals surface area contributed by atoms with E-state index in [1.165, 1.54) is 11.1 Å². The largest absolute Gasteiger partial charge is 0.374 e. The zero-order chi connectivity index (χ0) is 30.8. The molecule has 1 N–H and O–H groups in total. The minimum Gasteiger partial charge on any atom is -0.374 e. The predicted octanol–water partition coefficient (Wildman–Crippen LogP) is 4.02. The second-order valence-electron chi connectivity index (χ2n) is 12.5. The van der Waals surface area contributed by atoms with Crippen molar-refractivity contribution in [2.45, 2.75) is 45.5 Å². The Bertz CT molecular complexity index is 1740. The maximum Gasteiger partial charge on any atom is 0.258 e. The summed E-state index contributed by atoms with van der Waals surface area (Å²) in [6, 6.07) is 12.8. The summed E-state index contributed by atoms with van der Waals surface area (Å²) in [5, 5.41) is 2.30. The van der Waals surface area contributed by atoms with Crippen LogP contribution in [0.25, 0.3) is 21.8 Å². The van der Waals surface area contributed by atoms with Gasteiger partial charge in [0.15, 0.2) is 0 Å². The highest BCUT2D eigenvalue weighted by molar-refractivity contribution is 5.95. The maximum atomic E-state index is 12.9. The molecule has 0 spiro atoms. The Morgan fingerprint density at radius 1 is 0.791 bits per heavy atom. The average Bonchev–Trinajstić information content (AvgIpc) is 2.95. The smallest absolute Gasteiger partial charge is 0.258 e.